The zero-order valence-corrected chi connectivity index (χ0v) is 36.8. The van der Waals surface area contributed by atoms with Crippen molar-refractivity contribution in [2.75, 3.05) is 75.4 Å². The van der Waals surface area contributed by atoms with E-state index in [0.29, 0.717) is 48.5 Å². The summed E-state index contributed by atoms with van der Waals surface area (Å²) < 4.78 is 41.7. The van der Waals surface area contributed by atoms with Gasteiger partial charge in [0.05, 0.1) is 35.6 Å². The zero-order valence-electron chi connectivity index (χ0n) is 36.8. The predicted molar refractivity (Wildman–Crippen MR) is 237 cm³/mol. The number of carbonyl (C=O) groups is 5. The summed E-state index contributed by atoms with van der Waals surface area (Å²) in [6, 6.07) is 7.46. The summed E-state index contributed by atoms with van der Waals surface area (Å²) >= 11 is 0. The minimum atomic E-state index is -2.88. The van der Waals surface area contributed by atoms with E-state index in [1.54, 1.807) is 41.2 Å². The van der Waals surface area contributed by atoms with Gasteiger partial charge in [-0.15, -0.1) is 0 Å². The minimum Gasteiger partial charge on any atom is -0.444 e. The summed E-state index contributed by atoms with van der Waals surface area (Å²) in [6.07, 6.45) is 8.07. The van der Waals surface area contributed by atoms with Crippen molar-refractivity contribution in [3.63, 3.8) is 0 Å². The topological polar surface area (TPSA) is 209 Å². The van der Waals surface area contributed by atoms with Crippen LogP contribution in [0.1, 0.15) is 107 Å². The number of likely N-dealkylation sites (N-methyl/N-ethyl adjacent to an activating group) is 1. The van der Waals surface area contributed by atoms with Crippen LogP contribution in [-0.2, 0) is 14.3 Å². The summed E-state index contributed by atoms with van der Waals surface area (Å²) in [5, 5.41) is 15.7. The number of anilines is 3. The van der Waals surface area contributed by atoms with Crippen molar-refractivity contribution in [3.05, 3.63) is 71.5 Å². The van der Waals surface area contributed by atoms with E-state index in [2.05, 4.69) is 53.2 Å². The number of ether oxygens (including phenoxy) is 1. The van der Waals surface area contributed by atoms with Gasteiger partial charge in [-0.25, -0.2) is 18.7 Å². The van der Waals surface area contributed by atoms with Gasteiger partial charge in [-0.2, -0.15) is 5.10 Å². The lowest BCUT2D eigenvalue weighted by atomic mass is 9.86. The molecule has 2 saturated heterocycles. The van der Waals surface area contributed by atoms with Crippen LogP contribution in [0.25, 0.3) is 11.5 Å². The van der Waals surface area contributed by atoms with Gasteiger partial charge >= 0.3 is 0 Å². The van der Waals surface area contributed by atoms with Gasteiger partial charge in [0.15, 0.2) is 11.4 Å². The summed E-state index contributed by atoms with van der Waals surface area (Å²) in [5.74, 6) is -0.803. The number of carbonyl (C=O) groups excluding carboxylic acids is 5. The summed E-state index contributed by atoms with van der Waals surface area (Å²) in [7, 11) is 2.12. The van der Waals surface area contributed by atoms with Gasteiger partial charge in [-0.1, -0.05) is 6.07 Å². The molecule has 3 aromatic heterocycles. The summed E-state index contributed by atoms with van der Waals surface area (Å²) in [6.45, 7) is 6.17. The molecule has 2 saturated carbocycles. The van der Waals surface area contributed by atoms with Crippen molar-refractivity contribution in [3.8, 4) is 11.5 Å². The number of morpholine rings is 1. The number of hydrogen-bond donors (Lipinski definition) is 4. The first-order chi connectivity index (χ1) is 32.0. The second kappa shape index (κ2) is 19.8. The van der Waals surface area contributed by atoms with Crippen LogP contribution in [0.3, 0.4) is 0 Å². The van der Waals surface area contributed by atoms with Crippen LogP contribution in [0.15, 0.2) is 53.4 Å². The number of nitrogens with one attached hydrogen (secondary N) is 4. The van der Waals surface area contributed by atoms with Gasteiger partial charge in [0.1, 0.15) is 18.1 Å². The Balaban J connectivity index is 0.704. The van der Waals surface area contributed by atoms with E-state index in [0.717, 1.165) is 69.9 Å². The second-order valence-electron chi connectivity index (χ2n) is 18.1. The number of nitrogens with zero attached hydrogens (tertiary/aromatic N) is 7. The molecule has 2 aliphatic carbocycles. The highest BCUT2D eigenvalue weighted by molar-refractivity contribution is 6.25. The fourth-order valence-electron chi connectivity index (χ4n) is 9.40. The molecule has 4 fully saturated rings. The Morgan fingerprint density at radius 2 is 1.82 bits per heavy atom. The van der Waals surface area contributed by atoms with E-state index in [1.807, 2.05) is 0 Å². The number of hydrogen-bond acceptors (Lipinski definition) is 14. The Morgan fingerprint density at radius 1 is 1.00 bits per heavy atom. The van der Waals surface area contributed by atoms with Gasteiger partial charge in [-0.05, 0) is 94.5 Å². The van der Waals surface area contributed by atoms with E-state index in [1.165, 1.54) is 25.3 Å². The van der Waals surface area contributed by atoms with Gasteiger partial charge in [0.2, 0.25) is 17.7 Å². The highest BCUT2D eigenvalue weighted by Gasteiger charge is 2.45. The predicted octanol–water partition coefficient (Wildman–Crippen LogP) is 5.21. The minimum absolute atomic E-state index is 0.0251. The number of amides is 5. The first-order valence-electron chi connectivity index (χ1n) is 22.9. The molecule has 0 spiro atoms. The van der Waals surface area contributed by atoms with Gasteiger partial charge in [0.25, 0.3) is 24.1 Å². The number of imide groups is 2. The lowest BCUT2D eigenvalue weighted by Crippen LogP contribution is -2.54. The number of alkyl halides is 2. The zero-order chi connectivity index (χ0) is 45.9. The lowest BCUT2D eigenvalue weighted by Gasteiger charge is -2.35. The fourth-order valence-corrected chi connectivity index (χ4v) is 9.40. The third kappa shape index (κ3) is 10.3. The number of benzene rings is 1. The van der Waals surface area contributed by atoms with Crippen LogP contribution in [0.4, 0.5) is 26.0 Å². The van der Waals surface area contributed by atoms with Crippen LogP contribution >= 0.6 is 0 Å². The summed E-state index contributed by atoms with van der Waals surface area (Å²) in [5.41, 5.74) is 1.05. The second-order valence-corrected chi connectivity index (χ2v) is 18.1. The molecule has 0 radical (unpaired) electrons. The van der Waals surface area contributed by atoms with Crippen molar-refractivity contribution < 1.29 is 41.9 Å². The third-order valence-corrected chi connectivity index (χ3v) is 13.3. The van der Waals surface area contributed by atoms with Gasteiger partial charge in [0, 0.05) is 75.9 Å². The Labute approximate surface area is 380 Å². The molecule has 1 aromatic carbocycles. The van der Waals surface area contributed by atoms with Crippen LogP contribution in [0, 0.1) is 11.8 Å². The third-order valence-electron chi connectivity index (χ3n) is 13.3. The SMILES string of the molecule is CN(CCN1CCO[C@@H](CCNc2cccc3c2C(=O)N(C2CCC(=O)NC2=O)C3=O)C1)C[C@H]1CC[C@H](n2cc(NC(=O)c3coc(-c4ccnc(NCC5CC5)c4)n3)c(C(F)F)n2)CC1. The number of oxazole rings is 1. The molecule has 4 N–H and O–H groups in total. The maximum absolute atomic E-state index is 14.2. The van der Waals surface area contributed by atoms with Crippen LogP contribution in [0.2, 0.25) is 0 Å². The van der Waals surface area contributed by atoms with Crippen LogP contribution in [0.5, 0.6) is 0 Å². The molecule has 18 nitrogen and oxygen atoms in total. The van der Waals surface area contributed by atoms with Crippen molar-refractivity contribution in [2.24, 2.45) is 11.8 Å². The largest absolute Gasteiger partial charge is 0.444 e. The van der Waals surface area contributed by atoms with Crippen molar-refractivity contribution in [1.82, 2.24) is 39.8 Å². The van der Waals surface area contributed by atoms with Crippen LogP contribution in [-0.4, -0.2) is 136 Å². The quantitative estimate of drug-likeness (QED) is 0.0946. The number of fused-ring (bicyclic) bond motifs is 1. The number of halogens is 2. The van der Waals surface area contributed by atoms with E-state index in [9.17, 15) is 32.8 Å². The number of aromatic nitrogens is 4. The fraction of sp³-hybridized carbons (Fsp3) is 0.522. The number of piperidine rings is 1. The maximum Gasteiger partial charge on any atom is 0.284 e. The molecular formula is C46H55F2N11O7. The average molecular weight is 912 g/mol. The maximum atomic E-state index is 14.2. The molecule has 1 unspecified atom stereocenters. The Hall–Kier alpha value is -6.12. The van der Waals surface area contributed by atoms with E-state index in [4.69, 9.17) is 9.15 Å². The number of rotatable bonds is 18. The van der Waals surface area contributed by atoms with E-state index >= 15 is 0 Å². The standard InChI is InChI=1S/C46H55F2N11O7/c1-56(17-18-57-19-20-65-31(24-57)14-16-49-33-4-2-3-32-39(33)46(64)59(45(32)63)36-11-12-38(60)54-43(36)62)23-28-7-9-30(10-8-28)58-25-34(40(55-58)41(47)48)52-42(61)35-26-66-44(53-35)29-13-15-50-37(21-29)51-22-27-5-6-27/h2-4,13,15,21,25-28,30-31,36,41,49H,5-12,14,16-20,22-24H2,1H3,(H,50,51)(H,52,61)(H,54,60,62)/t28-,30-,31-,36?/m0/s1. The first-order valence-corrected chi connectivity index (χ1v) is 22.9. The van der Waals surface area contributed by atoms with E-state index < -0.39 is 47.7 Å². The molecule has 5 aliphatic rings. The Bertz CT molecular complexity index is 2450. The van der Waals surface area contributed by atoms with Gasteiger partial charge < -0.3 is 30.0 Å². The molecule has 66 heavy (non-hydrogen) atoms. The molecular weight excluding hydrogens is 857 g/mol. The molecule has 2 atom stereocenters. The van der Waals surface area contributed by atoms with E-state index in [-0.39, 0.29) is 53.4 Å². The average Bonchev–Trinajstić information content (AvgIpc) is 3.71. The number of pyridine rings is 1. The van der Waals surface area contributed by atoms with Crippen molar-refractivity contribution in [1.29, 1.82) is 0 Å². The molecule has 350 valence electrons. The normalized spacial score (nSPS) is 22.5. The molecule has 9 rings (SSSR count). The van der Waals surface area contributed by atoms with Crippen LogP contribution < -0.4 is 21.3 Å². The monoisotopic (exact) mass is 911 g/mol. The Morgan fingerprint density at radius 3 is 2.61 bits per heavy atom. The molecule has 5 amide bonds. The van der Waals surface area contributed by atoms with Crippen molar-refractivity contribution >= 4 is 46.7 Å². The molecule has 0 bridgehead atoms. The highest BCUT2D eigenvalue weighted by Crippen LogP contribution is 2.36. The molecule has 4 aromatic rings. The smallest absolute Gasteiger partial charge is 0.284 e. The molecule has 3 aliphatic heterocycles. The first kappa shape index (κ1) is 45.1. The Kier molecular flexibility index (Phi) is 13.5. The highest BCUT2D eigenvalue weighted by atomic mass is 19.3. The lowest BCUT2D eigenvalue weighted by molar-refractivity contribution is -0.136. The molecule has 20 heteroatoms. The van der Waals surface area contributed by atoms with Gasteiger partial charge in [-0.3, -0.25) is 43.8 Å². The summed E-state index contributed by atoms with van der Waals surface area (Å²) in [4.78, 5) is 78.4. The molecule has 6 heterocycles. The van der Waals surface area contributed by atoms with Crippen molar-refractivity contribution in [2.45, 2.75) is 82.4 Å².